The Morgan fingerprint density at radius 1 is 1.18 bits per heavy atom. The molecular weight excluding hydrogens is 447 g/mol. The van der Waals surface area contributed by atoms with Crippen LogP contribution in [0.25, 0.3) is 10.9 Å². The van der Waals surface area contributed by atoms with Crippen LogP contribution in [0.3, 0.4) is 0 Å². The van der Waals surface area contributed by atoms with Gasteiger partial charge in [-0.25, -0.2) is 0 Å². The van der Waals surface area contributed by atoms with Gasteiger partial charge in [0.2, 0.25) is 11.7 Å². The number of hydrogen-bond donors (Lipinski definition) is 0. The molecule has 0 aliphatic carbocycles. The Labute approximate surface area is 193 Å². The lowest BCUT2D eigenvalue weighted by Gasteiger charge is -2.40. The molecule has 34 heavy (non-hydrogen) atoms. The number of amides is 1. The molecule has 0 radical (unpaired) electrons. The molecule has 1 saturated heterocycles. The predicted molar refractivity (Wildman–Crippen MR) is 116 cm³/mol. The van der Waals surface area contributed by atoms with E-state index in [-0.39, 0.29) is 43.2 Å². The minimum atomic E-state index is -4.57. The number of piperidine rings is 1. The number of nitrogens with zero attached hydrogens (tertiary/aromatic N) is 7. The number of aromatic nitrogens is 4. The van der Waals surface area contributed by atoms with Gasteiger partial charge in [-0.15, -0.1) is 10.2 Å². The Morgan fingerprint density at radius 2 is 1.97 bits per heavy atom. The molecule has 2 atom stereocenters. The Morgan fingerprint density at radius 3 is 2.71 bits per heavy atom. The Hall–Kier alpha value is -3.68. The third kappa shape index (κ3) is 3.73. The van der Waals surface area contributed by atoms with Gasteiger partial charge < -0.3 is 14.4 Å². The molecule has 1 aromatic carbocycles. The summed E-state index contributed by atoms with van der Waals surface area (Å²) in [5, 5.41) is 17.5. The number of nitriles is 1. The van der Waals surface area contributed by atoms with Crippen LogP contribution in [-0.2, 0) is 24.1 Å². The number of rotatable bonds is 2. The van der Waals surface area contributed by atoms with Crippen LogP contribution in [0.1, 0.15) is 30.6 Å². The fourth-order valence-electron chi connectivity index (χ4n) is 5.05. The Balaban J connectivity index is 1.33. The number of para-hydroxylation sites is 1. The number of halogens is 3. The van der Waals surface area contributed by atoms with E-state index >= 15 is 0 Å². The predicted octanol–water partition coefficient (Wildman–Crippen LogP) is 3.22. The standard InChI is InChI=1S/C23H22F3N7O/c1-14-12-31(20-15(10-27)11-28-18-5-3-2-4-17(18)20)7-6-16(14)21(34)32-8-9-33-19(13-32)29-30-22(33)23(24,25)26/h2-5,11,14,16H,6-9,12-13H2,1H3. The third-order valence-corrected chi connectivity index (χ3v) is 6.72. The zero-order chi connectivity index (χ0) is 24.0. The van der Waals surface area contributed by atoms with Gasteiger partial charge in [-0.1, -0.05) is 25.1 Å². The zero-order valence-corrected chi connectivity index (χ0v) is 18.5. The van der Waals surface area contributed by atoms with Gasteiger partial charge in [0.1, 0.15) is 6.07 Å². The molecule has 0 spiro atoms. The molecule has 8 nitrogen and oxygen atoms in total. The molecule has 2 aliphatic rings. The van der Waals surface area contributed by atoms with Crippen molar-refractivity contribution in [3.8, 4) is 6.07 Å². The largest absolute Gasteiger partial charge is 0.451 e. The number of pyridine rings is 1. The van der Waals surface area contributed by atoms with Crippen LogP contribution in [0.5, 0.6) is 0 Å². The topological polar surface area (TPSA) is 90.9 Å². The maximum Gasteiger partial charge on any atom is 0.451 e. The highest BCUT2D eigenvalue weighted by Crippen LogP contribution is 2.35. The van der Waals surface area contributed by atoms with E-state index < -0.39 is 12.0 Å². The van der Waals surface area contributed by atoms with E-state index in [4.69, 9.17) is 0 Å². The summed E-state index contributed by atoms with van der Waals surface area (Å²) in [6.45, 7) is 3.39. The summed E-state index contributed by atoms with van der Waals surface area (Å²) in [5.74, 6) is -1.21. The van der Waals surface area contributed by atoms with E-state index in [0.29, 0.717) is 25.1 Å². The van der Waals surface area contributed by atoms with E-state index in [2.05, 4.69) is 26.2 Å². The van der Waals surface area contributed by atoms with Gasteiger partial charge in [0.05, 0.1) is 23.3 Å². The minimum Gasteiger partial charge on any atom is -0.370 e. The maximum atomic E-state index is 13.3. The first-order valence-electron chi connectivity index (χ1n) is 11.1. The van der Waals surface area contributed by atoms with E-state index in [9.17, 15) is 23.2 Å². The molecule has 2 aromatic heterocycles. The van der Waals surface area contributed by atoms with Crippen LogP contribution in [0, 0.1) is 23.2 Å². The summed E-state index contributed by atoms with van der Waals surface area (Å²) in [6, 6.07) is 9.89. The maximum absolute atomic E-state index is 13.3. The van der Waals surface area contributed by atoms with Crippen LogP contribution >= 0.6 is 0 Å². The molecule has 1 fully saturated rings. The summed E-state index contributed by atoms with van der Waals surface area (Å²) in [4.78, 5) is 21.4. The molecule has 1 amide bonds. The first-order chi connectivity index (χ1) is 16.3. The smallest absolute Gasteiger partial charge is 0.370 e. The van der Waals surface area contributed by atoms with Crippen LogP contribution < -0.4 is 4.90 Å². The van der Waals surface area contributed by atoms with Gasteiger partial charge in [-0.05, 0) is 18.4 Å². The lowest BCUT2D eigenvalue weighted by molar-refractivity contribution is -0.148. The van der Waals surface area contributed by atoms with E-state index in [1.807, 2.05) is 31.2 Å². The van der Waals surface area contributed by atoms with Gasteiger partial charge in [0, 0.05) is 43.7 Å². The average molecular weight is 469 g/mol. The molecule has 176 valence electrons. The molecule has 2 unspecified atom stereocenters. The van der Waals surface area contributed by atoms with Crippen molar-refractivity contribution in [2.24, 2.45) is 11.8 Å². The molecule has 4 heterocycles. The molecular formula is C23H22F3N7O. The van der Waals surface area contributed by atoms with Crippen LogP contribution in [0.15, 0.2) is 30.5 Å². The molecule has 0 N–H and O–H groups in total. The van der Waals surface area contributed by atoms with Gasteiger partial charge in [0.15, 0.2) is 5.82 Å². The monoisotopic (exact) mass is 469 g/mol. The van der Waals surface area contributed by atoms with Crippen molar-refractivity contribution in [3.63, 3.8) is 0 Å². The van der Waals surface area contributed by atoms with Crippen molar-refractivity contribution in [1.82, 2.24) is 24.6 Å². The van der Waals surface area contributed by atoms with Gasteiger partial charge in [-0.2, -0.15) is 18.4 Å². The second-order valence-corrected chi connectivity index (χ2v) is 8.82. The zero-order valence-electron chi connectivity index (χ0n) is 18.5. The molecule has 0 saturated carbocycles. The Bertz CT molecular complexity index is 1300. The minimum absolute atomic E-state index is 0.00903. The molecule has 0 bridgehead atoms. The summed E-state index contributed by atoms with van der Waals surface area (Å²) in [6.07, 6.45) is -2.41. The SMILES string of the molecule is CC1CN(c2c(C#N)cnc3ccccc23)CCC1C(=O)N1CCn2c(nnc2C(F)(F)F)C1. The van der Waals surface area contributed by atoms with Crippen LogP contribution in [-0.4, -0.2) is 50.2 Å². The highest BCUT2D eigenvalue weighted by atomic mass is 19.4. The van der Waals surface area contributed by atoms with Crippen molar-refractivity contribution in [3.05, 3.63) is 47.7 Å². The highest BCUT2D eigenvalue weighted by Gasteiger charge is 2.41. The number of alkyl halides is 3. The quantitative estimate of drug-likeness (QED) is 0.573. The third-order valence-electron chi connectivity index (χ3n) is 6.72. The highest BCUT2D eigenvalue weighted by molar-refractivity contribution is 5.94. The summed E-state index contributed by atoms with van der Waals surface area (Å²) >= 11 is 0. The van der Waals surface area contributed by atoms with Gasteiger partial charge >= 0.3 is 6.18 Å². The second-order valence-electron chi connectivity index (χ2n) is 8.82. The number of benzene rings is 1. The number of anilines is 1. The Kier molecular flexibility index (Phi) is 5.38. The van der Waals surface area contributed by atoms with Crippen molar-refractivity contribution < 1.29 is 18.0 Å². The second kappa shape index (κ2) is 8.27. The summed E-state index contributed by atoms with van der Waals surface area (Å²) in [7, 11) is 0. The fraction of sp³-hybridized carbons (Fsp3) is 0.435. The number of carbonyl (C=O) groups is 1. The average Bonchev–Trinajstić information content (AvgIpc) is 3.27. The van der Waals surface area contributed by atoms with Crippen LogP contribution in [0.2, 0.25) is 0 Å². The number of carbonyl (C=O) groups excluding carboxylic acids is 1. The van der Waals surface area contributed by atoms with Crippen molar-refractivity contribution in [1.29, 1.82) is 5.26 Å². The number of hydrogen-bond acceptors (Lipinski definition) is 6. The normalized spacial score (nSPS) is 20.8. The summed E-state index contributed by atoms with van der Waals surface area (Å²) in [5.41, 5.74) is 2.13. The molecule has 5 rings (SSSR count). The molecule has 2 aliphatic heterocycles. The lowest BCUT2D eigenvalue weighted by Crippen LogP contribution is -2.49. The van der Waals surface area contributed by atoms with Crippen molar-refractivity contribution >= 4 is 22.5 Å². The molecule has 11 heteroatoms. The van der Waals surface area contributed by atoms with E-state index in [1.165, 1.54) is 0 Å². The van der Waals surface area contributed by atoms with Crippen molar-refractivity contribution in [2.45, 2.75) is 32.6 Å². The van der Waals surface area contributed by atoms with E-state index in [0.717, 1.165) is 21.2 Å². The van der Waals surface area contributed by atoms with E-state index in [1.54, 1.807) is 11.1 Å². The molecule has 3 aromatic rings. The van der Waals surface area contributed by atoms with Crippen molar-refractivity contribution in [2.75, 3.05) is 24.5 Å². The van der Waals surface area contributed by atoms with Gasteiger partial charge in [0.25, 0.3) is 0 Å². The van der Waals surface area contributed by atoms with Gasteiger partial charge in [-0.3, -0.25) is 9.78 Å². The summed E-state index contributed by atoms with van der Waals surface area (Å²) < 4.78 is 40.4. The first-order valence-corrected chi connectivity index (χ1v) is 11.1. The number of fused-ring (bicyclic) bond motifs is 2. The van der Waals surface area contributed by atoms with Crippen LogP contribution in [0.4, 0.5) is 18.9 Å². The first kappa shape index (κ1) is 22.1. The fourth-order valence-corrected chi connectivity index (χ4v) is 5.05. The lowest BCUT2D eigenvalue weighted by atomic mass is 9.85.